The fourth-order valence-corrected chi connectivity index (χ4v) is 7.29. The molecule has 0 bridgehead atoms. The molecule has 1 aliphatic heterocycles. The van der Waals surface area contributed by atoms with Gasteiger partial charge in [0.25, 0.3) is 0 Å². The molecule has 0 spiro atoms. The van der Waals surface area contributed by atoms with Gasteiger partial charge in [-0.2, -0.15) is 0 Å². The number of unbranched alkanes of at least 4 members (excludes halogenated alkanes) is 19. The van der Waals surface area contributed by atoms with Crippen molar-refractivity contribution in [3.05, 3.63) is 60.8 Å². The maximum absolute atomic E-state index is 12.9. The maximum Gasteiger partial charge on any atom is 0.305 e. The first-order chi connectivity index (χ1) is 30.7. The molecule has 6 N–H and O–H groups in total. The fourth-order valence-electron chi connectivity index (χ4n) is 7.29. The van der Waals surface area contributed by atoms with Crippen LogP contribution < -0.4 is 5.32 Å². The number of hydrogen-bond acceptors (Lipinski definition) is 10. The molecule has 7 unspecified atom stereocenters. The van der Waals surface area contributed by atoms with E-state index in [1.807, 2.05) is 18.2 Å². The summed E-state index contributed by atoms with van der Waals surface area (Å²) in [7, 11) is 0. The van der Waals surface area contributed by atoms with Gasteiger partial charge in [0.2, 0.25) is 5.91 Å². The van der Waals surface area contributed by atoms with Gasteiger partial charge in [0.15, 0.2) is 6.29 Å². The molecule has 1 heterocycles. The third-order valence-corrected chi connectivity index (χ3v) is 11.3. The summed E-state index contributed by atoms with van der Waals surface area (Å²) in [5, 5.41) is 54.0. The SMILES string of the molecule is CCC/C=C/CC/C=C/CC/C=C/C(O)C(COC1OC(CO)C(O)C(O)C1O)NC(=O)CC/C=C\C/C=C\CCCCCCCCOC(=O)CCCCCCCCCCCCC. The predicted octanol–water partition coefficient (Wildman–Crippen LogP) is 9.94. The summed E-state index contributed by atoms with van der Waals surface area (Å²) in [6.07, 6.45) is 41.8. The van der Waals surface area contributed by atoms with Crippen LogP contribution in [0.1, 0.15) is 194 Å². The number of esters is 1. The van der Waals surface area contributed by atoms with Crippen molar-refractivity contribution in [2.24, 2.45) is 0 Å². The molecule has 0 aromatic heterocycles. The van der Waals surface area contributed by atoms with E-state index in [0.717, 1.165) is 83.5 Å². The molecule has 1 amide bonds. The number of aliphatic hydroxyl groups excluding tert-OH is 5. The highest BCUT2D eigenvalue weighted by Gasteiger charge is 2.44. The first kappa shape index (κ1) is 58.4. The van der Waals surface area contributed by atoms with Crippen molar-refractivity contribution >= 4 is 11.9 Å². The molecule has 0 radical (unpaired) electrons. The van der Waals surface area contributed by atoms with Crippen LogP contribution in [-0.2, 0) is 23.8 Å². The molecule has 7 atom stereocenters. The monoisotopic (exact) mass is 890 g/mol. The van der Waals surface area contributed by atoms with Gasteiger partial charge in [-0.15, -0.1) is 0 Å². The number of nitrogens with one attached hydrogen (secondary N) is 1. The summed E-state index contributed by atoms with van der Waals surface area (Å²) < 4.78 is 16.6. The van der Waals surface area contributed by atoms with Gasteiger partial charge >= 0.3 is 5.97 Å². The van der Waals surface area contributed by atoms with E-state index in [1.54, 1.807) is 6.08 Å². The first-order valence-corrected chi connectivity index (χ1v) is 25.1. The summed E-state index contributed by atoms with van der Waals surface area (Å²) in [6, 6.07) is -0.878. The third-order valence-electron chi connectivity index (χ3n) is 11.3. The zero-order valence-corrected chi connectivity index (χ0v) is 39.5. The Labute approximate surface area is 382 Å². The number of carbonyl (C=O) groups excluding carboxylic acids is 2. The second kappa shape index (κ2) is 42.0. The molecule has 0 aromatic rings. The van der Waals surface area contributed by atoms with Crippen molar-refractivity contribution in [1.82, 2.24) is 5.32 Å². The molecule has 0 aliphatic carbocycles. The number of allylic oxidation sites excluding steroid dienone is 9. The van der Waals surface area contributed by atoms with E-state index >= 15 is 0 Å². The Kier molecular flexibility index (Phi) is 38.9. The number of carbonyl (C=O) groups is 2. The van der Waals surface area contributed by atoms with E-state index in [0.29, 0.717) is 25.9 Å². The van der Waals surface area contributed by atoms with Gasteiger partial charge in [-0.1, -0.05) is 171 Å². The van der Waals surface area contributed by atoms with Gasteiger partial charge in [0.05, 0.1) is 32.0 Å². The van der Waals surface area contributed by atoms with E-state index in [2.05, 4.69) is 55.6 Å². The lowest BCUT2D eigenvalue weighted by Crippen LogP contribution is -2.60. The van der Waals surface area contributed by atoms with Gasteiger partial charge in [-0.05, 0) is 70.6 Å². The fraction of sp³-hybridized carbons (Fsp3) is 0.769. The van der Waals surface area contributed by atoms with Crippen molar-refractivity contribution in [2.75, 3.05) is 19.8 Å². The van der Waals surface area contributed by atoms with E-state index in [9.17, 15) is 35.1 Å². The maximum atomic E-state index is 12.9. The van der Waals surface area contributed by atoms with Gasteiger partial charge in [-0.25, -0.2) is 0 Å². The normalized spacial score (nSPS) is 20.5. The van der Waals surface area contributed by atoms with Crippen LogP contribution in [0.5, 0.6) is 0 Å². The Morgan fingerprint density at radius 1 is 0.587 bits per heavy atom. The van der Waals surface area contributed by atoms with Crippen molar-refractivity contribution in [3.63, 3.8) is 0 Å². The summed E-state index contributed by atoms with van der Waals surface area (Å²) in [5.41, 5.74) is 0. The molecule has 1 aliphatic rings. The average molecular weight is 890 g/mol. The standard InChI is InChI=1S/C52H91NO10/c1-3-5-7-9-11-13-18-22-26-30-34-38-45(55)44(43-62-52-51(60)50(59)49(58)46(42-54)63-52)53-47(56)39-35-31-27-23-20-16-15-17-21-25-29-33-37-41-61-48(57)40-36-32-28-24-19-14-12-10-8-6-4-2/h7,9,16,18,20,22,27,31,34,38,44-46,49-52,54-55,58-60H,3-6,8,10-15,17,19,21,23-26,28-30,32-33,35-37,39-43H2,1-2H3,(H,53,56)/b9-7+,20-16-,22-18+,31-27-,38-34+. The van der Waals surface area contributed by atoms with Gasteiger partial charge in [0, 0.05) is 12.8 Å². The van der Waals surface area contributed by atoms with E-state index in [4.69, 9.17) is 14.2 Å². The van der Waals surface area contributed by atoms with Gasteiger partial charge < -0.3 is 45.1 Å². The lowest BCUT2D eigenvalue weighted by Gasteiger charge is -2.40. The highest BCUT2D eigenvalue weighted by molar-refractivity contribution is 5.76. The van der Waals surface area contributed by atoms with Crippen molar-refractivity contribution in [2.45, 2.75) is 236 Å². The van der Waals surface area contributed by atoms with E-state index in [-0.39, 0.29) is 24.9 Å². The Morgan fingerprint density at radius 3 is 1.75 bits per heavy atom. The van der Waals surface area contributed by atoms with Crippen LogP contribution in [0.15, 0.2) is 60.8 Å². The zero-order chi connectivity index (χ0) is 46.0. The van der Waals surface area contributed by atoms with Crippen LogP contribution in [0.25, 0.3) is 0 Å². The highest BCUT2D eigenvalue weighted by atomic mass is 16.7. The Bertz CT molecular complexity index is 1230. The molecule has 63 heavy (non-hydrogen) atoms. The smallest absolute Gasteiger partial charge is 0.305 e. The van der Waals surface area contributed by atoms with Crippen LogP contribution in [0.2, 0.25) is 0 Å². The molecular weight excluding hydrogens is 799 g/mol. The van der Waals surface area contributed by atoms with Crippen LogP contribution in [0.3, 0.4) is 0 Å². The molecule has 11 heteroatoms. The van der Waals surface area contributed by atoms with Crippen LogP contribution in [0.4, 0.5) is 0 Å². The van der Waals surface area contributed by atoms with E-state index < -0.39 is 49.5 Å². The molecular formula is C52H91NO10. The molecule has 364 valence electrons. The largest absolute Gasteiger partial charge is 0.466 e. The lowest BCUT2D eigenvalue weighted by atomic mass is 9.99. The minimum Gasteiger partial charge on any atom is -0.466 e. The second-order valence-corrected chi connectivity index (χ2v) is 17.1. The number of aliphatic hydroxyl groups is 5. The number of amides is 1. The topological polar surface area (TPSA) is 175 Å². The summed E-state index contributed by atoms with van der Waals surface area (Å²) in [5.74, 6) is -0.324. The molecule has 0 saturated carbocycles. The molecule has 0 aromatic carbocycles. The number of rotatable bonds is 41. The molecule has 1 saturated heterocycles. The van der Waals surface area contributed by atoms with Gasteiger partial charge in [-0.3, -0.25) is 9.59 Å². The number of hydrogen-bond donors (Lipinski definition) is 6. The summed E-state index contributed by atoms with van der Waals surface area (Å²) >= 11 is 0. The van der Waals surface area contributed by atoms with Crippen LogP contribution >= 0.6 is 0 Å². The molecule has 11 nitrogen and oxygen atoms in total. The minimum atomic E-state index is -1.60. The third kappa shape index (κ3) is 32.6. The second-order valence-electron chi connectivity index (χ2n) is 17.1. The Morgan fingerprint density at radius 2 is 1.13 bits per heavy atom. The zero-order valence-electron chi connectivity index (χ0n) is 39.5. The Balaban J connectivity index is 2.26. The summed E-state index contributed by atoms with van der Waals surface area (Å²) in [4.78, 5) is 24.9. The Hall–Kier alpha value is -2.64. The first-order valence-electron chi connectivity index (χ1n) is 25.1. The van der Waals surface area contributed by atoms with Crippen molar-refractivity contribution in [3.8, 4) is 0 Å². The molecule has 1 rings (SSSR count). The van der Waals surface area contributed by atoms with Gasteiger partial charge in [0.1, 0.15) is 24.4 Å². The molecule has 1 fully saturated rings. The van der Waals surface area contributed by atoms with Crippen LogP contribution in [0, 0.1) is 0 Å². The quantitative estimate of drug-likeness (QED) is 0.0197. The van der Waals surface area contributed by atoms with Crippen molar-refractivity contribution in [1.29, 1.82) is 0 Å². The van der Waals surface area contributed by atoms with Crippen molar-refractivity contribution < 1.29 is 49.3 Å². The van der Waals surface area contributed by atoms with E-state index in [1.165, 1.54) is 70.6 Å². The van der Waals surface area contributed by atoms with Crippen LogP contribution in [-0.4, -0.2) is 100 Å². The summed E-state index contributed by atoms with van der Waals surface area (Å²) in [6.45, 7) is 4.12. The minimum absolute atomic E-state index is 0.0429. The number of ether oxygens (including phenoxy) is 3. The average Bonchev–Trinajstić information content (AvgIpc) is 3.28. The lowest BCUT2D eigenvalue weighted by molar-refractivity contribution is -0.302. The predicted molar refractivity (Wildman–Crippen MR) is 255 cm³/mol. The highest BCUT2D eigenvalue weighted by Crippen LogP contribution is 2.22.